The van der Waals surface area contributed by atoms with Crippen LogP contribution in [0.25, 0.3) is 10.9 Å². The van der Waals surface area contributed by atoms with Crippen LogP contribution in [0.1, 0.15) is 32.0 Å². The van der Waals surface area contributed by atoms with Crippen LogP contribution in [-0.4, -0.2) is 16.8 Å². The van der Waals surface area contributed by atoms with E-state index in [9.17, 15) is 14.9 Å². The van der Waals surface area contributed by atoms with Crippen LogP contribution in [-0.2, 0) is 6.61 Å². The number of hydrazine groups is 1. The van der Waals surface area contributed by atoms with E-state index in [2.05, 4.69) is 21.9 Å². The van der Waals surface area contributed by atoms with Crippen molar-refractivity contribution in [3.63, 3.8) is 0 Å². The van der Waals surface area contributed by atoms with Gasteiger partial charge in [0, 0.05) is 16.5 Å². The number of fused-ring (bicyclic) bond motifs is 1. The molecule has 1 heterocycles. The fourth-order valence-electron chi connectivity index (χ4n) is 3.09. The second-order valence-electron chi connectivity index (χ2n) is 6.88. The molecule has 0 saturated carbocycles. The van der Waals surface area contributed by atoms with Gasteiger partial charge in [0.2, 0.25) is 0 Å². The third kappa shape index (κ3) is 4.71. The number of para-hydroxylation sites is 1. The highest BCUT2D eigenvalue weighted by Gasteiger charge is 2.12. The van der Waals surface area contributed by atoms with E-state index in [-0.39, 0.29) is 12.3 Å². The van der Waals surface area contributed by atoms with Crippen LogP contribution >= 0.6 is 0 Å². The molecule has 0 aliphatic carbocycles. The molecule has 0 aliphatic rings. The standard InChI is InChI=1S/C25H18N4O3/c26-15-19-7-1-2-8-20(19)16-32-21-10-5-9-18(14-21)24(30)28-29-25(31)23-13-12-17-6-3-4-11-22(17)27-23/h1-14H,16H2,(H,28,30)(H,29,31). The van der Waals surface area contributed by atoms with Gasteiger partial charge in [-0.15, -0.1) is 0 Å². The van der Waals surface area contributed by atoms with Crippen molar-refractivity contribution in [1.29, 1.82) is 5.26 Å². The average molecular weight is 422 g/mol. The van der Waals surface area contributed by atoms with Gasteiger partial charge in [0.15, 0.2) is 0 Å². The maximum absolute atomic E-state index is 12.5. The minimum atomic E-state index is -0.524. The number of benzene rings is 3. The minimum absolute atomic E-state index is 0.192. The van der Waals surface area contributed by atoms with E-state index >= 15 is 0 Å². The summed E-state index contributed by atoms with van der Waals surface area (Å²) in [7, 11) is 0. The van der Waals surface area contributed by atoms with Crippen LogP contribution in [0.5, 0.6) is 5.75 Å². The Kier molecular flexibility index (Phi) is 6.05. The molecule has 7 nitrogen and oxygen atoms in total. The summed E-state index contributed by atoms with van der Waals surface area (Å²) in [6.07, 6.45) is 0. The average Bonchev–Trinajstić information content (AvgIpc) is 2.85. The van der Waals surface area contributed by atoms with Gasteiger partial charge in [-0.1, -0.05) is 48.5 Å². The summed E-state index contributed by atoms with van der Waals surface area (Å²) in [4.78, 5) is 29.1. The summed E-state index contributed by atoms with van der Waals surface area (Å²) in [5.74, 6) is -0.556. The monoisotopic (exact) mass is 422 g/mol. The Morgan fingerprint density at radius 1 is 0.875 bits per heavy atom. The molecule has 0 aliphatic heterocycles. The Hall–Kier alpha value is -4.70. The first-order valence-electron chi connectivity index (χ1n) is 9.81. The van der Waals surface area contributed by atoms with Crippen molar-refractivity contribution in [3.05, 3.63) is 107 Å². The van der Waals surface area contributed by atoms with E-state index in [4.69, 9.17) is 4.74 Å². The van der Waals surface area contributed by atoms with Crippen molar-refractivity contribution in [3.8, 4) is 11.8 Å². The minimum Gasteiger partial charge on any atom is -0.489 e. The molecule has 0 spiro atoms. The molecule has 2 N–H and O–H groups in total. The smallest absolute Gasteiger partial charge is 0.288 e. The van der Waals surface area contributed by atoms with Gasteiger partial charge >= 0.3 is 0 Å². The molecule has 0 atom stereocenters. The molecular weight excluding hydrogens is 404 g/mol. The maximum atomic E-state index is 12.5. The first-order valence-corrected chi connectivity index (χ1v) is 9.81. The third-order valence-electron chi connectivity index (χ3n) is 4.75. The van der Waals surface area contributed by atoms with Crippen LogP contribution in [0.15, 0.2) is 84.9 Å². The van der Waals surface area contributed by atoms with E-state index in [1.165, 1.54) is 0 Å². The highest BCUT2D eigenvalue weighted by atomic mass is 16.5. The zero-order valence-electron chi connectivity index (χ0n) is 16.9. The fourth-order valence-corrected chi connectivity index (χ4v) is 3.09. The van der Waals surface area contributed by atoms with Crippen LogP contribution in [0.3, 0.4) is 0 Å². The number of hydrogen-bond donors (Lipinski definition) is 2. The number of amides is 2. The quantitative estimate of drug-likeness (QED) is 0.477. The molecule has 7 heteroatoms. The lowest BCUT2D eigenvalue weighted by Gasteiger charge is -2.10. The number of ether oxygens (including phenoxy) is 1. The Labute approximate surface area is 184 Å². The first kappa shape index (κ1) is 20.6. The summed E-state index contributed by atoms with van der Waals surface area (Å²) in [5, 5.41) is 10.1. The topological polar surface area (TPSA) is 104 Å². The molecule has 4 rings (SSSR count). The number of carbonyl (C=O) groups excluding carboxylic acids is 2. The number of aromatic nitrogens is 1. The summed E-state index contributed by atoms with van der Waals surface area (Å²) in [6, 6.07) is 26.7. The molecule has 156 valence electrons. The van der Waals surface area contributed by atoms with Gasteiger partial charge in [-0.25, -0.2) is 4.98 Å². The van der Waals surface area contributed by atoms with E-state index < -0.39 is 11.8 Å². The number of carbonyl (C=O) groups is 2. The van der Waals surface area contributed by atoms with Crippen LogP contribution < -0.4 is 15.6 Å². The van der Waals surface area contributed by atoms with Crippen LogP contribution in [0, 0.1) is 11.3 Å². The second kappa shape index (κ2) is 9.41. The maximum Gasteiger partial charge on any atom is 0.288 e. The van der Waals surface area contributed by atoms with Crippen molar-refractivity contribution in [1.82, 2.24) is 15.8 Å². The molecule has 2 amide bonds. The second-order valence-corrected chi connectivity index (χ2v) is 6.88. The van der Waals surface area contributed by atoms with Crippen LogP contribution in [0.4, 0.5) is 0 Å². The molecule has 0 fully saturated rings. The predicted octanol–water partition coefficient (Wildman–Crippen LogP) is 3.76. The zero-order valence-corrected chi connectivity index (χ0v) is 16.9. The Bertz CT molecular complexity index is 1340. The first-order chi connectivity index (χ1) is 15.6. The van der Waals surface area contributed by atoms with Crippen molar-refractivity contribution >= 4 is 22.7 Å². The SMILES string of the molecule is N#Cc1ccccc1COc1cccc(C(=O)NNC(=O)c2ccc3ccccc3n2)c1. The number of nitriles is 1. The Balaban J connectivity index is 1.38. The molecule has 3 aromatic carbocycles. The highest BCUT2D eigenvalue weighted by molar-refractivity contribution is 5.99. The highest BCUT2D eigenvalue weighted by Crippen LogP contribution is 2.17. The van der Waals surface area contributed by atoms with E-state index in [0.29, 0.717) is 22.4 Å². The Morgan fingerprint density at radius 2 is 1.66 bits per heavy atom. The molecule has 0 unspecified atom stereocenters. The summed E-state index contributed by atoms with van der Waals surface area (Å²) in [6.45, 7) is 0.194. The van der Waals surface area contributed by atoms with Crippen molar-refractivity contribution in [2.45, 2.75) is 6.61 Å². The molecule has 0 radical (unpaired) electrons. The number of nitrogens with zero attached hydrogens (tertiary/aromatic N) is 2. The lowest BCUT2D eigenvalue weighted by atomic mass is 10.1. The lowest BCUT2D eigenvalue weighted by molar-refractivity contribution is 0.0844. The van der Waals surface area contributed by atoms with Gasteiger partial charge in [-0.3, -0.25) is 20.4 Å². The molecule has 4 aromatic rings. The van der Waals surface area contributed by atoms with E-state index in [0.717, 1.165) is 10.9 Å². The van der Waals surface area contributed by atoms with Gasteiger partial charge in [0.25, 0.3) is 11.8 Å². The Morgan fingerprint density at radius 3 is 2.53 bits per heavy atom. The van der Waals surface area contributed by atoms with E-state index in [1.807, 2.05) is 36.4 Å². The van der Waals surface area contributed by atoms with Gasteiger partial charge in [-0.2, -0.15) is 5.26 Å². The van der Waals surface area contributed by atoms with Crippen molar-refractivity contribution < 1.29 is 14.3 Å². The number of pyridine rings is 1. The summed E-state index contributed by atoms with van der Waals surface area (Å²) in [5.41, 5.74) is 7.24. The largest absolute Gasteiger partial charge is 0.489 e. The van der Waals surface area contributed by atoms with Gasteiger partial charge in [0.05, 0.1) is 17.1 Å². The molecule has 32 heavy (non-hydrogen) atoms. The zero-order chi connectivity index (χ0) is 22.3. The molecule has 1 aromatic heterocycles. The van der Waals surface area contributed by atoms with Crippen molar-refractivity contribution in [2.75, 3.05) is 0 Å². The summed E-state index contributed by atoms with van der Waals surface area (Å²) < 4.78 is 5.73. The van der Waals surface area contributed by atoms with Crippen molar-refractivity contribution in [2.24, 2.45) is 0 Å². The van der Waals surface area contributed by atoms with Gasteiger partial charge in [-0.05, 0) is 36.4 Å². The number of nitrogens with one attached hydrogen (secondary N) is 2. The van der Waals surface area contributed by atoms with Gasteiger partial charge < -0.3 is 4.74 Å². The molecular formula is C25H18N4O3. The molecule has 0 saturated heterocycles. The molecule has 0 bridgehead atoms. The lowest BCUT2D eigenvalue weighted by Crippen LogP contribution is -2.41. The van der Waals surface area contributed by atoms with Gasteiger partial charge in [0.1, 0.15) is 18.1 Å². The fraction of sp³-hybridized carbons (Fsp3) is 0.0400. The van der Waals surface area contributed by atoms with Crippen LogP contribution in [0.2, 0.25) is 0 Å². The number of hydrogen-bond acceptors (Lipinski definition) is 5. The normalized spacial score (nSPS) is 10.2. The number of rotatable bonds is 5. The van der Waals surface area contributed by atoms with E-state index in [1.54, 1.807) is 48.5 Å². The predicted molar refractivity (Wildman–Crippen MR) is 119 cm³/mol. The third-order valence-corrected chi connectivity index (χ3v) is 4.75. The summed E-state index contributed by atoms with van der Waals surface area (Å²) >= 11 is 0.